The molecule has 0 bridgehead atoms. The van der Waals surface area contributed by atoms with Gasteiger partial charge >= 0.3 is 0 Å². The number of benzene rings is 1. The van der Waals surface area contributed by atoms with Crippen LogP contribution in [0.3, 0.4) is 0 Å². The maximum atomic E-state index is 12.2. The quantitative estimate of drug-likeness (QED) is 0.761. The summed E-state index contributed by atoms with van der Waals surface area (Å²) in [4.78, 5) is 13.8. The van der Waals surface area contributed by atoms with E-state index in [0.717, 1.165) is 12.1 Å². The first-order valence-corrected chi connectivity index (χ1v) is 6.59. The van der Waals surface area contributed by atoms with Crippen LogP contribution >= 0.6 is 0 Å². The Morgan fingerprint density at radius 3 is 2.68 bits per heavy atom. The zero-order chi connectivity index (χ0) is 14.1. The van der Waals surface area contributed by atoms with E-state index < -0.39 is 0 Å². The number of rotatable bonds is 7. The molecule has 4 nitrogen and oxygen atoms in total. The monoisotopic (exact) mass is 259 g/mol. The van der Waals surface area contributed by atoms with Gasteiger partial charge < -0.3 is 10.2 Å². The van der Waals surface area contributed by atoms with Gasteiger partial charge in [-0.1, -0.05) is 37.3 Å². The second kappa shape index (κ2) is 8.28. The summed E-state index contributed by atoms with van der Waals surface area (Å²) < 4.78 is 0. The van der Waals surface area contributed by atoms with Gasteiger partial charge in [-0.2, -0.15) is 5.26 Å². The molecule has 0 fully saturated rings. The van der Waals surface area contributed by atoms with E-state index >= 15 is 0 Å². The minimum absolute atomic E-state index is 0.0128. The lowest BCUT2D eigenvalue weighted by atomic mass is 10.1. The van der Waals surface area contributed by atoms with Gasteiger partial charge in [-0.3, -0.25) is 4.79 Å². The predicted octanol–water partition coefficient (Wildman–Crippen LogP) is 1.93. The topological polar surface area (TPSA) is 56.1 Å². The second-order valence-corrected chi connectivity index (χ2v) is 4.56. The fraction of sp³-hybridized carbons (Fsp3) is 0.467. The molecule has 0 aliphatic carbocycles. The first kappa shape index (κ1) is 15.2. The van der Waals surface area contributed by atoms with Crippen LogP contribution in [0.1, 0.15) is 25.8 Å². The molecule has 1 rings (SSSR count). The molecule has 0 aliphatic rings. The smallest absolute Gasteiger partial charge is 0.225 e. The number of hydrogen-bond donors (Lipinski definition) is 1. The minimum Gasteiger partial charge on any atom is -0.325 e. The van der Waals surface area contributed by atoms with Crippen LogP contribution in [0.2, 0.25) is 0 Å². The largest absolute Gasteiger partial charge is 0.325 e. The van der Waals surface area contributed by atoms with Gasteiger partial charge in [0, 0.05) is 19.0 Å². The highest BCUT2D eigenvalue weighted by molar-refractivity contribution is 5.77. The number of nitrogens with zero attached hydrogens (tertiary/aromatic N) is 2. The molecule has 0 aromatic heterocycles. The van der Waals surface area contributed by atoms with Gasteiger partial charge in [-0.15, -0.1) is 0 Å². The van der Waals surface area contributed by atoms with Gasteiger partial charge in [-0.25, -0.2) is 0 Å². The van der Waals surface area contributed by atoms with Crippen LogP contribution in [0.15, 0.2) is 30.3 Å². The van der Waals surface area contributed by atoms with Crippen molar-refractivity contribution >= 4 is 5.91 Å². The number of nitriles is 1. The van der Waals surface area contributed by atoms with Crippen molar-refractivity contribution in [1.29, 1.82) is 5.26 Å². The summed E-state index contributed by atoms with van der Waals surface area (Å²) >= 11 is 0. The fourth-order valence-corrected chi connectivity index (χ4v) is 1.93. The Balaban J connectivity index is 2.61. The number of carbonyl (C=O) groups is 1. The third-order valence-corrected chi connectivity index (χ3v) is 2.86. The lowest BCUT2D eigenvalue weighted by Crippen LogP contribution is -2.36. The zero-order valence-electron chi connectivity index (χ0n) is 11.6. The van der Waals surface area contributed by atoms with Crippen LogP contribution in [0.4, 0.5) is 0 Å². The highest BCUT2D eigenvalue weighted by Crippen LogP contribution is 2.07. The van der Waals surface area contributed by atoms with Crippen LogP contribution in [0.25, 0.3) is 0 Å². The molecule has 0 aliphatic heterocycles. The summed E-state index contributed by atoms with van der Waals surface area (Å²) in [7, 11) is 0. The zero-order valence-corrected chi connectivity index (χ0v) is 11.6. The first-order chi connectivity index (χ1) is 9.17. The molecule has 102 valence electrons. The van der Waals surface area contributed by atoms with Crippen LogP contribution in [-0.4, -0.2) is 29.9 Å². The summed E-state index contributed by atoms with van der Waals surface area (Å²) in [5.74, 6) is 0.0128. The summed E-state index contributed by atoms with van der Waals surface area (Å²) in [6.07, 6.45) is 0.419. The van der Waals surface area contributed by atoms with Gasteiger partial charge in [0.1, 0.15) is 6.54 Å². The predicted molar refractivity (Wildman–Crippen MR) is 75.2 cm³/mol. The average Bonchev–Trinajstić information content (AvgIpc) is 2.39. The molecule has 19 heavy (non-hydrogen) atoms. The molecule has 0 saturated carbocycles. The van der Waals surface area contributed by atoms with E-state index in [-0.39, 0.29) is 18.5 Å². The summed E-state index contributed by atoms with van der Waals surface area (Å²) in [6.45, 7) is 5.45. The van der Waals surface area contributed by atoms with Crippen molar-refractivity contribution in [1.82, 2.24) is 10.2 Å². The Bertz CT molecular complexity index is 425. The van der Waals surface area contributed by atoms with Crippen molar-refractivity contribution in [3.63, 3.8) is 0 Å². The Morgan fingerprint density at radius 2 is 2.11 bits per heavy atom. The fourth-order valence-electron chi connectivity index (χ4n) is 1.93. The van der Waals surface area contributed by atoms with Crippen molar-refractivity contribution < 1.29 is 4.79 Å². The molecule has 4 heteroatoms. The summed E-state index contributed by atoms with van der Waals surface area (Å²) in [5.41, 5.74) is 1.04. The molecule has 0 radical (unpaired) electrons. The number of hydrogen-bond acceptors (Lipinski definition) is 3. The maximum absolute atomic E-state index is 12.2. The van der Waals surface area contributed by atoms with Crippen molar-refractivity contribution in [3.8, 4) is 6.07 Å². The molecule has 0 spiro atoms. The van der Waals surface area contributed by atoms with E-state index in [2.05, 4.69) is 11.4 Å². The Hall–Kier alpha value is -1.86. The Kier molecular flexibility index (Phi) is 6.62. The molecule has 1 amide bonds. The van der Waals surface area contributed by atoms with E-state index in [9.17, 15) is 4.79 Å². The van der Waals surface area contributed by atoms with Crippen molar-refractivity contribution in [2.24, 2.45) is 0 Å². The molecule has 1 atom stereocenters. The van der Waals surface area contributed by atoms with Crippen LogP contribution in [0.5, 0.6) is 0 Å². The molecule has 0 saturated heterocycles. The standard InChI is InChI=1S/C15H21N3O/c1-3-17-13(2)11-15(19)18(10-9-16)12-14-7-5-4-6-8-14/h4-8,13,17H,3,10-12H2,1-2H3. The van der Waals surface area contributed by atoms with Gasteiger partial charge in [-0.05, 0) is 19.0 Å². The van der Waals surface area contributed by atoms with Gasteiger partial charge in [0.25, 0.3) is 0 Å². The highest BCUT2D eigenvalue weighted by atomic mass is 16.2. The van der Waals surface area contributed by atoms with E-state index in [1.807, 2.05) is 44.2 Å². The second-order valence-electron chi connectivity index (χ2n) is 4.56. The normalized spacial score (nSPS) is 11.6. The van der Waals surface area contributed by atoms with Crippen molar-refractivity contribution in [3.05, 3.63) is 35.9 Å². The highest BCUT2D eigenvalue weighted by Gasteiger charge is 2.16. The van der Waals surface area contributed by atoms with Gasteiger partial charge in [0.2, 0.25) is 5.91 Å². The van der Waals surface area contributed by atoms with Crippen LogP contribution < -0.4 is 5.32 Å². The van der Waals surface area contributed by atoms with Crippen LogP contribution in [-0.2, 0) is 11.3 Å². The number of nitrogens with one attached hydrogen (secondary N) is 1. The van der Waals surface area contributed by atoms with E-state index in [0.29, 0.717) is 13.0 Å². The van der Waals surface area contributed by atoms with E-state index in [1.54, 1.807) is 4.90 Å². The molecular formula is C15H21N3O. The maximum Gasteiger partial charge on any atom is 0.225 e. The SMILES string of the molecule is CCNC(C)CC(=O)N(CC#N)Cc1ccccc1. The first-order valence-electron chi connectivity index (χ1n) is 6.59. The molecule has 1 aromatic rings. The van der Waals surface area contributed by atoms with Crippen molar-refractivity contribution in [2.45, 2.75) is 32.9 Å². The van der Waals surface area contributed by atoms with Gasteiger partial charge in [0.05, 0.1) is 6.07 Å². The molecule has 1 N–H and O–H groups in total. The average molecular weight is 259 g/mol. The third-order valence-electron chi connectivity index (χ3n) is 2.86. The number of carbonyl (C=O) groups excluding carboxylic acids is 1. The molecule has 1 unspecified atom stereocenters. The minimum atomic E-state index is 0.0128. The lowest BCUT2D eigenvalue weighted by molar-refractivity contribution is -0.131. The van der Waals surface area contributed by atoms with Crippen molar-refractivity contribution in [2.75, 3.05) is 13.1 Å². The molecular weight excluding hydrogens is 238 g/mol. The molecule has 0 heterocycles. The Labute approximate surface area is 115 Å². The summed E-state index contributed by atoms with van der Waals surface area (Å²) in [6, 6.07) is 11.9. The van der Waals surface area contributed by atoms with E-state index in [4.69, 9.17) is 5.26 Å². The van der Waals surface area contributed by atoms with E-state index in [1.165, 1.54) is 0 Å². The third kappa shape index (κ3) is 5.54. The van der Waals surface area contributed by atoms with Crippen LogP contribution in [0, 0.1) is 11.3 Å². The van der Waals surface area contributed by atoms with Gasteiger partial charge in [0.15, 0.2) is 0 Å². The number of amides is 1. The lowest BCUT2D eigenvalue weighted by Gasteiger charge is -2.22. The Morgan fingerprint density at radius 1 is 1.42 bits per heavy atom. The summed E-state index contributed by atoms with van der Waals surface area (Å²) in [5, 5.41) is 12.0. The molecule has 1 aromatic carbocycles.